The summed E-state index contributed by atoms with van der Waals surface area (Å²) >= 11 is 0. The zero-order valence-corrected chi connectivity index (χ0v) is 20.3. The Labute approximate surface area is 215 Å². The molecule has 0 unspecified atom stereocenters. The normalized spacial score (nSPS) is 21.3. The van der Waals surface area contributed by atoms with Gasteiger partial charge >= 0.3 is 6.03 Å². The smallest absolute Gasteiger partial charge is 0.341 e. The van der Waals surface area contributed by atoms with Crippen molar-refractivity contribution in [3.8, 4) is 0 Å². The minimum atomic E-state index is -0.873. The lowest BCUT2D eigenvalue weighted by molar-refractivity contribution is -0.121. The molecule has 0 spiro atoms. The van der Waals surface area contributed by atoms with E-state index < -0.39 is 53.0 Å². The maximum atomic E-state index is 14.5. The number of carbonyl (C=O) groups excluding carboxylic acids is 3. The van der Waals surface area contributed by atoms with Crippen molar-refractivity contribution >= 4 is 30.0 Å². The number of rotatable bonds is 4. The van der Waals surface area contributed by atoms with Gasteiger partial charge in [-0.25, -0.2) is 32.9 Å². The molecule has 200 valence electrons. The largest absolute Gasteiger partial charge is 0.369 e. The SMILES string of the molecule is NC(=O)[C@H]1CCN(C(=O)c2nc(N3CCN(C(=O)N4N=CC[C@H]4c4cc(F)cc(F)c4)CC3)ncc2F)C1. The van der Waals surface area contributed by atoms with Crippen molar-refractivity contribution in [2.24, 2.45) is 16.8 Å². The van der Waals surface area contributed by atoms with Crippen LogP contribution in [0.3, 0.4) is 0 Å². The van der Waals surface area contributed by atoms with Crippen molar-refractivity contribution in [3.05, 3.63) is 53.1 Å². The number of aromatic nitrogens is 2. The van der Waals surface area contributed by atoms with Crippen LogP contribution in [0.5, 0.6) is 0 Å². The van der Waals surface area contributed by atoms with Crippen LogP contribution in [0.2, 0.25) is 0 Å². The summed E-state index contributed by atoms with van der Waals surface area (Å²) in [5.74, 6) is -3.83. The number of anilines is 1. The fraction of sp³-hybridized carbons (Fsp3) is 0.417. The molecule has 2 fully saturated rings. The van der Waals surface area contributed by atoms with Gasteiger partial charge in [0.25, 0.3) is 5.91 Å². The maximum Gasteiger partial charge on any atom is 0.341 e. The summed E-state index contributed by atoms with van der Waals surface area (Å²) in [5, 5.41) is 5.33. The van der Waals surface area contributed by atoms with Crippen LogP contribution < -0.4 is 10.6 Å². The van der Waals surface area contributed by atoms with E-state index in [0.717, 1.165) is 12.3 Å². The molecule has 3 aliphatic heterocycles. The summed E-state index contributed by atoms with van der Waals surface area (Å²) in [6, 6.07) is 2.09. The quantitative estimate of drug-likeness (QED) is 0.639. The van der Waals surface area contributed by atoms with Crippen LogP contribution in [0.25, 0.3) is 0 Å². The molecule has 4 heterocycles. The van der Waals surface area contributed by atoms with Gasteiger partial charge in [-0.1, -0.05) is 0 Å². The summed E-state index contributed by atoms with van der Waals surface area (Å²) in [6.45, 7) is 1.49. The third-order valence-electron chi connectivity index (χ3n) is 6.94. The van der Waals surface area contributed by atoms with E-state index in [4.69, 9.17) is 5.73 Å². The Morgan fingerprint density at radius 3 is 2.32 bits per heavy atom. The highest BCUT2D eigenvalue weighted by atomic mass is 19.1. The molecule has 4 amide bonds. The molecule has 0 radical (unpaired) electrons. The lowest BCUT2D eigenvalue weighted by Gasteiger charge is -2.37. The fourth-order valence-corrected chi connectivity index (χ4v) is 4.87. The van der Waals surface area contributed by atoms with E-state index in [-0.39, 0.29) is 32.1 Å². The first kappa shape index (κ1) is 25.4. The number of urea groups is 1. The minimum absolute atomic E-state index is 0.107. The summed E-state index contributed by atoms with van der Waals surface area (Å²) in [6.07, 6.45) is 3.19. The third kappa shape index (κ3) is 4.97. The summed E-state index contributed by atoms with van der Waals surface area (Å²) in [5.41, 5.74) is 5.24. The highest BCUT2D eigenvalue weighted by Gasteiger charge is 2.35. The molecule has 38 heavy (non-hydrogen) atoms. The van der Waals surface area contributed by atoms with Crippen LogP contribution in [0.1, 0.15) is 34.9 Å². The highest BCUT2D eigenvalue weighted by molar-refractivity contribution is 5.93. The molecule has 14 heteroatoms. The number of primary amides is 1. The van der Waals surface area contributed by atoms with Gasteiger partial charge in [0.1, 0.15) is 11.6 Å². The summed E-state index contributed by atoms with van der Waals surface area (Å²) in [4.78, 5) is 50.2. The molecule has 0 bridgehead atoms. The topological polar surface area (TPSA) is 128 Å². The Morgan fingerprint density at radius 1 is 0.947 bits per heavy atom. The van der Waals surface area contributed by atoms with E-state index >= 15 is 0 Å². The number of benzene rings is 1. The van der Waals surface area contributed by atoms with Crippen molar-refractivity contribution in [2.45, 2.75) is 18.9 Å². The van der Waals surface area contributed by atoms with Gasteiger partial charge in [-0.05, 0) is 24.1 Å². The Hall–Kier alpha value is -4.23. The molecule has 2 N–H and O–H groups in total. The van der Waals surface area contributed by atoms with Gasteiger partial charge < -0.3 is 20.4 Å². The average Bonchev–Trinajstić information content (AvgIpc) is 3.58. The first-order valence-electron chi connectivity index (χ1n) is 12.1. The minimum Gasteiger partial charge on any atom is -0.369 e. The van der Waals surface area contributed by atoms with Gasteiger partial charge in [-0.15, -0.1) is 0 Å². The number of nitrogens with two attached hydrogens (primary N) is 1. The van der Waals surface area contributed by atoms with Crippen LogP contribution >= 0.6 is 0 Å². The molecule has 0 saturated carbocycles. The van der Waals surface area contributed by atoms with Crippen molar-refractivity contribution in [1.82, 2.24) is 24.8 Å². The lowest BCUT2D eigenvalue weighted by atomic mass is 10.0. The number of hydrogen-bond acceptors (Lipinski definition) is 7. The summed E-state index contributed by atoms with van der Waals surface area (Å²) < 4.78 is 41.9. The molecule has 2 saturated heterocycles. The lowest BCUT2D eigenvalue weighted by Crippen LogP contribution is -2.52. The van der Waals surface area contributed by atoms with Crippen LogP contribution in [0.15, 0.2) is 29.5 Å². The molecule has 5 rings (SSSR count). The molecule has 2 aromatic rings. The van der Waals surface area contributed by atoms with Gasteiger partial charge in [0, 0.05) is 58.0 Å². The first-order chi connectivity index (χ1) is 18.2. The van der Waals surface area contributed by atoms with Gasteiger partial charge in [0.15, 0.2) is 11.5 Å². The second-order valence-corrected chi connectivity index (χ2v) is 9.36. The van der Waals surface area contributed by atoms with E-state index in [1.165, 1.54) is 28.3 Å². The zero-order valence-electron chi connectivity index (χ0n) is 20.3. The van der Waals surface area contributed by atoms with Gasteiger partial charge in [-0.2, -0.15) is 5.10 Å². The Kier molecular flexibility index (Phi) is 6.87. The molecule has 11 nitrogen and oxygen atoms in total. The Morgan fingerprint density at radius 2 is 1.66 bits per heavy atom. The number of hydrazone groups is 1. The van der Waals surface area contributed by atoms with Crippen molar-refractivity contribution in [1.29, 1.82) is 0 Å². The standard InChI is InChI=1S/C24H25F3N8O3/c25-16-9-15(10-17(26)11-16)19-1-3-30-35(19)24(38)33-7-5-32(6-8-33)23-29-12-18(27)20(31-23)22(37)34-4-2-14(13-34)21(28)36/h3,9-12,14,19H,1-2,4-8,13H2,(H2,28,36)/t14-,19-/m0/s1. The number of nitrogens with zero attached hydrogens (tertiary/aromatic N) is 7. The second-order valence-electron chi connectivity index (χ2n) is 9.36. The second kappa shape index (κ2) is 10.3. The highest BCUT2D eigenvalue weighted by Crippen LogP contribution is 2.30. The van der Waals surface area contributed by atoms with Crippen molar-refractivity contribution in [3.63, 3.8) is 0 Å². The molecule has 1 aromatic heterocycles. The molecular weight excluding hydrogens is 505 g/mol. The summed E-state index contributed by atoms with van der Waals surface area (Å²) in [7, 11) is 0. The first-order valence-corrected chi connectivity index (χ1v) is 12.1. The van der Waals surface area contributed by atoms with E-state index in [1.54, 1.807) is 9.80 Å². The average molecular weight is 531 g/mol. The van der Waals surface area contributed by atoms with Gasteiger partial charge in [0.2, 0.25) is 11.9 Å². The number of carbonyl (C=O) groups is 3. The van der Waals surface area contributed by atoms with Gasteiger partial charge in [-0.3, -0.25) is 9.59 Å². The Balaban J connectivity index is 1.23. The molecule has 2 atom stereocenters. The fourth-order valence-electron chi connectivity index (χ4n) is 4.87. The van der Waals surface area contributed by atoms with E-state index in [1.807, 2.05) is 0 Å². The number of likely N-dealkylation sites (tertiary alicyclic amines) is 1. The van der Waals surface area contributed by atoms with Gasteiger partial charge in [0.05, 0.1) is 18.2 Å². The third-order valence-corrected chi connectivity index (χ3v) is 6.94. The molecule has 0 aliphatic carbocycles. The van der Waals surface area contributed by atoms with E-state index in [2.05, 4.69) is 15.1 Å². The molecule has 1 aromatic carbocycles. The zero-order chi connectivity index (χ0) is 27.0. The van der Waals surface area contributed by atoms with E-state index in [0.29, 0.717) is 31.5 Å². The van der Waals surface area contributed by atoms with Crippen LogP contribution in [-0.4, -0.2) is 88.1 Å². The Bertz CT molecular complexity index is 1280. The van der Waals surface area contributed by atoms with Crippen molar-refractivity contribution in [2.75, 3.05) is 44.2 Å². The predicted octanol–water partition coefficient (Wildman–Crippen LogP) is 1.52. The van der Waals surface area contributed by atoms with E-state index in [9.17, 15) is 27.6 Å². The predicted molar refractivity (Wildman–Crippen MR) is 128 cm³/mol. The number of amides is 4. The number of hydrogen-bond donors (Lipinski definition) is 1. The van der Waals surface area contributed by atoms with Crippen LogP contribution in [0, 0.1) is 23.4 Å². The maximum absolute atomic E-state index is 14.5. The van der Waals surface area contributed by atoms with Crippen LogP contribution in [0.4, 0.5) is 23.9 Å². The molecule has 3 aliphatic rings. The van der Waals surface area contributed by atoms with Crippen LogP contribution in [-0.2, 0) is 4.79 Å². The monoisotopic (exact) mass is 530 g/mol. The van der Waals surface area contributed by atoms with Crippen molar-refractivity contribution < 1.29 is 27.6 Å². The number of halogens is 3. The number of piperazine rings is 1. The molecular formula is C24H25F3N8O3.